The molecule has 0 radical (unpaired) electrons. The highest BCUT2D eigenvalue weighted by Gasteiger charge is 2.31. The first-order chi connectivity index (χ1) is 9.31. The molecule has 7 heteroatoms. The van der Waals surface area contributed by atoms with Crippen molar-refractivity contribution < 1.29 is 18.3 Å². The maximum atomic E-state index is 12.3. The fourth-order valence-corrected chi connectivity index (χ4v) is 5.11. The number of rotatable bonds is 4. The highest BCUT2D eigenvalue weighted by molar-refractivity contribution is 7.91. The molecule has 0 saturated heterocycles. The monoisotopic (exact) mass is 317 g/mol. The van der Waals surface area contributed by atoms with Crippen LogP contribution in [0.15, 0.2) is 15.7 Å². The lowest BCUT2D eigenvalue weighted by atomic mass is 9.78. The van der Waals surface area contributed by atoms with Gasteiger partial charge in [0.2, 0.25) is 10.0 Å². The summed E-state index contributed by atoms with van der Waals surface area (Å²) in [5, 5.41) is 10.2. The summed E-state index contributed by atoms with van der Waals surface area (Å²) in [6.45, 7) is 4.20. The molecule has 0 bridgehead atoms. The predicted molar refractivity (Wildman–Crippen MR) is 77.6 cm³/mol. The zero-order chi connectivity index (χ0) is 14.9. The van der Waals surface area contributed by atoms with E-state index < -0.39 is 16.0 Å². The van der Waals surface area contributed by atoms with Gasteiger partial charge in [-0.15, -0.1) is 11.3 Å². The highest BCUT2D eigenvalue weighted by Crippen LogP contribution is 2.31. The van der Waals surface area contributed by atoms with Crippen LogP contribution in [-0.4, -0.2) is 25.5 Å². The van der Waals surface area contributed by atoms with Crippen LogP contribution in [0.25, 0.3) is 0 Å². The molecule has 1 fully saturated rings. The van der Waals surface area contributed by atoms with E-state index in [0.29, 0.717) is 5.92 Å². The number of carboxylic acids is 1. The molecule has 1 aromatic heterocycles. The summed E-state index contributed by atoms with van der Waals surface area (Å²) >= 11 is 0.944. The zero-order valence-corrected chi connectivity index (χ0v) is 13.1. The molecular formula is C13H19NO4S2. The third-order valence-corrected chi connectivity index (χ3v) is 7.03. The molecule has 112 valence electrons. The molecule has 1 aliphatic carbocycles. The molecule has 0 aromatic carbocycles. The fraction of sp³-hybridized carbons (Fsp3) is 0.615. The van der Waals surface area contributed by atoms with Gasteiger partial charge >= 0.3 is 5.97 Å². The molecule has 0 spiro atoms. The summed E-state index contributed by atoms with van der Waals surface area (Å²) in [4.78, 5) is 10.8. The number of sulfonamides is 1. The standard InChI is InChI=1S/C13H19NO4S2/c1-8-4-3-5-11(9(8)2)14-20(17,18)12-6-10(7-19-12)13(15)16/h6-9,11,14H,3-5H2,1-2H3,(H,15,16). The Labute approximate surface area is 123 Å². The molecule has 1 aromatic rings. The van der Waals surface area contributed by atoms with Gasteiger partial charge in [-0.05, 0) is 24.3 Å². The quantitative estimate of drug-likeness (QED) is 0.894. The Bertz CT molecular complexity index is 593. The largest absolute Gasteiger partial charge is 0.478 e. The van der Waals surface area contributed by atoms with Gasteiger partial charge in [0.15, 0.2) is 0 Å². The number of hydrogen-bond donors (Lipinski definition) is 2. The lowest BCUT2D eigenvalue weighted by Gasteiger charge is -2.34. The number of carbonyl (C=O) groups is 1. The van der Waals surface area contributed by atoms with Crippen LogP contribution in [0, 0.1) is 11.8 Å². The maximum absolute atomic E-state index is 12.3. The molecule has 0 aliphatic heterocycles. The van der Waals surface area contributed by atoms with Crippen LogP contribution >= 0.6 is 11.3 Å². The summed E-state index contributed by atoms with van der Waals surface area (Å²) in [6.07, 6.45) is 2.98. The zero-order valence-electron chi connectivity index (χ0n) is 11.5. The van der Waals surface area contributed by atoms with Gasteiger partial charge in [0.05, 0.1) is 5.56 Å². The van der Waals surface area contributed by atoms with E-state index in [0.717, 1.165) is 30.6 Å². The van der Waals surface area contributed by atoms with Crippen LogP contribution < -0.4 is 4.72 Å². The van der Waals surface area contributed by atoms with Gasteiger partial charge in [0, 0.05) is 11.4 Å². The van der Waals surface area contributed by atoms with E-state index in [1.807, 2.05) is 0 Å². The normalized spacial score (nSPS) is 27.4. The smallest absolute Gasteiger partial charge is 0.336 e. The Hall–Kier alpha value is -0.920. The van der Waals surface area contributed by atoms with E-state index in [-0.39, 0.29) is 21.7 Å². The third kappa shape index (κ3) is 3.21. The number of hydrogen-bond acceptors (Lipinski definition) is 4. The van der Waals surface area contributed by atoms with Crippen molar-refractivity contribution in [2.45, 2.75) is 43.4 Å². The van der Waals surface area contributed by atoms with Crippen LogP contribution in [-0.2, 0) is 10.0 Å². The third-order valence-electron chi connectivity index (χ3n) is 4.10. The van der Waals surface area contributed by atoms with Crippen molar-refractivity contribution in [3.8, 4) is 0 Å². The van der Waals surface area contributed by atoms with Crippen molar-refractivity contribution in [3.05, 3.63) is 17.0 Å². The Morgan fingerprint density at radius 1 is 1.40 bits per heavy atom. The molecule has 2 rings (SSSR count). The van der Waals surface area contributed by atoms with Crippen LogP contribution in [0.2, 0.25) is 0 Å². The van der Waals surface area contributed by atoms with Gasteiger partial charge in [0.25, 0.3) is 0 Å². The number of thiophene rings is 1. The predicted octanol–water partition coefficient (Wildman–Crippen LogP) is 2.55. The average molecular weight is 317 g/mol. The van der Waals surface area contributed by atoms with Gasteiger partial charge in [-0.1, -0.05) is 26.7 Å². The fourth-order valence-electron chi connectivity index (χ4n) is 2.58. The molecule has 5 nitrogen and oxygen atoms in total. The van der Waals surface area contributed by atoms with Crippen molar-refractivity contribution in [1.29, 1.82) is 0 Å². The number of aromatic carboxylic acids is 1. The molecule has 1 aliphatic rings. The van der Waals surface area contributed by atoms with E-state index in [2.05, 4.69) is 18.6 Å². The van der Waals surface area contributed by atoms with Gasteiger partial charge in [-0.3, -0.25) is 0 Å². The van der Waals surface area contributed by atoms with Crippen molar-refractivity contribution >= 4 is 27.3 Å². The number of nitrogens with one attached hydrogen (secondary N) is 1. The second-order valence-electron chi connectivity index (χ2n) is 5.45. The SMILES string of the molecule is CC1CCCC(NS(=O)(=O)c2cc(C(=O)O)cs2)C1C. The minimum Gasteiger partial charge on any atom is -0.478 e. The summed E-state index contributed by atoms with van der Waals surface area (Å²) in [5.74, 6) is -0.325. The molecule has 20 heavy (non-hydrogen) atoms. The Morgan fingerprint density at radius 3 is 2.70 bits per heavy atom. The molecule has 3 atom stereocenters. The van der Waals surface area contributed by atoms with E-state index in [4.69, 9.17) is 5.11 Å². The van der Waals surface area contributed by atoms with E-state index in [1.165, 1.54) is 11.4 Å². The second-order valence-corrected chi connectivity index (χ2v) is 8.31. The topological polar surface area (TPSA) is 83.5 Å². The Balaban J connectivity index is 2.16. The molecule has 1 saturated carbocycles. The van der Waals surface area contributed by atoms with Gasteiger partial charge in [-0.25, -0.2) is 17.9 Å². The minimum atomic E-state index is -3.62. The first-order valence-electron chi connectivity index (χ1n) is 6.65. The van der Waals surface area contributed by atoms with E-state index >= 15 is 0 Å². The van der Waals surface area contributed by atoms with Crippen LogP contribution in [0.4, 0.5) is 0 Å². The van der Waals surface area contributed by atoms with Crippen LogP contribution in [0.5, 0.6) is 0 Å². The maximum Gasteiger partial charge on any atom is 0.336 e. The lowest BCUT2D eigenvalue weighted by molar-refractivity contribution is 0.0697. The Kier molecular flexibility index (Phi) is 4.51. The Morgan fingerprint density at radius 2 is 2.10 bits per heavy atom. The molecule has 1 heterocycles. The summed E-state index contributed by atoms with van der Waals surface area (Å²) in [6, 6.07) is 1.14. The van der Waals surface area contributed by atoms with Crippen LogP contribution in [0.1, 0.15) is 43.5 Å². The summed E-state index contributed by atoms with van der Waals surface area (Å²) in [5.41, 5.74) is 0.0143. The average Bonchev–Trinajstić information content (AvgIpc) is 2.85. The van der Waals surface area contributed by atoms with Crippen molar-refractivity contribution in [1.82, 2.24) is 4.72 Å². The first-order valence-corrected chi connectivity index (χ1v) is 9.01. The molecule has 3 unspecified atom stereocenters. The number of carboxylic acid groups (broad SMARTS) is 1. The lowest BCUT2D eigenvalue weighted by Crippen LogP contribution is -2.43. The van der Waals surface area contributed by atoms with Crippen molar-refractivity contribution in [3.63, 3.8) is 0 Å². The van der Waals surface area contributed by atoms with Gasteiger partial charge < -0.3 is 5.11 Å². The second kappa shape index (κ2) is 5.83. The molecular weight excluding hydrogens is 298 g/mol. The highest BCUT2D eigenvalue weighted by atomic mass is 32.2. The van der Waals surface area contributed by atoms with Crippen LogP contribution in [0.3, 0.4) is 0 Å². The summed E-state index contributed by atoms with van der Waals surface area (Å²) < 4.78 is 27.4. The van der Waals surface area contributed by atoms with E-state index in [1.54, 1.807) is 0 Å². The molecule has 2 N–H and O–H groups in total. The minimum absolute atomic E-state index is 0.0143. The first kappa shape index (κ1) is 15.5. The van der Waals surface area contributed by atoms with Crippen molar-refractivity contribution in [2.75, 3.05) is 0 Å². The van der Waals surface area contributed by atoms with E-state index in [9.17, 15) is 13.2 Å². The van der Waals surface area contributed by atoms with Gasteiger partial charge in [0.1, 0.15) is 4.21 Å². The molecule has 0 amide bonds. The van der Waals surface area contributed by atoms with Crippen molar-refractivity contribution in [2.24, 2.45) is 11.8 Å². The summed E-state index contributed by atoms with van der Waals surface area (Å²) in [7, 11) is -3.62. The van der Waals surface area contributed by atoms with Gasteiger partial charge in [-0.2, -0.15) is 0 Å².